The van der Waals surface area contributed by atoms with Crippen LogP contribution in [0.4, 0.5) is 11.5 Å². The highest BCUT2D eigenvalue weighted by atomic mass is 16.2. The first-order chi connectivity index (χ1) is 12.3. The molecule has 1 aromatic carbocycles. The van der Waals surface area contributed by atoms with Gasteiger partial charge in [-0.15, -0.1) is 0 Å². The predicted octanol–water partition coefficient (Wildman–Crippen LogP) is 0.390. The van der Waals surface area contributed by atoms with E-state index in [9.17, 15) is 19.2 Å². The van der Waals surface area contributed by atoms with Crippen molar-refractivity contribution >= 4 is 23.3 Å². The molecule has 136 valence electrons. The van der Waals surface area contributed by atoms with E-state index < -0.39 is 23.2 Å². The number of carbonyl (C=O) groups is 2. The van der Waals surface area contributed by atoms with E-state index in [0.717, 1.165) is 21.5 Å². The van der Waals surface area contributed by atoms with E-state index in [1.54, 1.807) is 12.1 Å². The van der Waals surface area contributed by atoms with Crippen LogP contribution in [0.2, 0.25) is 0 Å². The summed E-state index contributed by atoms with van der Waals surface area (Å²) < 4.78 is 2.20. The Bertz CT molecular complexity index is 988. The first-order valence-electron chi connectivity index (χ1n) is 8.32. The minimum absolute atomic E-state index is 0.0439. The lowest BCUT2D eigenvalue weighted by Gasteiger charge is -2.17. The van der Waals surface area contributed by atoms with Crippen molar-refractivity contribution in [2.24, 2.45) is 14.1 Å². The van der Waals surface area contributed by atoms with Crippen molar-refractivity contribution in [1.82, 2.24) is 9.13 Å². The maximum Gasteiger partial charge on any atom is 0.332 e. The van der Waals surface area contributed by atoms with E-state index >= 15 is 0 Å². The summed E-state index contributed by atoms with van der Waals surface area (Å²) in [7, 11) is 2.87. The van der Waals surface area contributed by atoms with E-state index in [-0.39, 0.29) is 18.1 Å². The van der Waals surface area contributed by atoms with Crippen LogP contribution < -0.4 is 21.5 Å². The third-order valence-electron chi connectivity index (χ3n) is 4.60. The Morgan fingerprint density at radius 2 is 1.69 bits per heavy atom. The normalized spacial score (nSPS) is 17.0. The minimum atomic E-state index is -0.828. The van der Waals surface area contributed by atoms with E-state index in [1.807, 2.05) is 19.1 Å². The maximum atomic E-state index is 12.7. The lowest BCUT2D eigenvalue weighted by molar-refractivity contribution is -0.121. The van der Waals surface area contributed by atoms with E-state index in [4.69, 9.17) is 0 Å². The number of aryl methyl sites for hydroxylation is 1. The molecule has 0 spiro atoms. The van der Waals surface area contributed by atoms with Gasteiger partial charge in [-0.25, -0.2) is 9.69 Å². The fourth-order valence-corrected chi connectivity index (χ4v) is 2.95. The molecule has 2 aromatic rings. The Hall–Kier alpha value is -3.16. The third kappa shape index (κ3) is 2.94. The highest BCUT2D eigenvalue weighted by Crippen LogP contribution is 2.25. The van der Waals surface area contributed by atoms with Gasteiger partial charge in [0, 0.05) is 20.2 Å². The Morgan fingerprint density at radius 1 is 1.04 bits per heavy atom. The van der Waals surface area contributed by atoms with Gasteiger partial charge in [0.15, 0.2) is 0 Å². The zero-order valence-corrected chi connectivity index (χ0v) is 14.9. The summed E-state index contributed by atoms with van der Waals surface area (Å²) in [5.41, 5.74) is 0.625. The molecule has 1 fully saturated rings. The fourth-order valence-electron chi connectivity index (χ4n) is 2.95. The molecule has 1 aromatic heterocycles. The van der Waals surface area contributed by atoms with Gasteiger partial charge in [-0.3, -0.25) is 23.5 Å². The van der Waals surface area contributed by atoms with Crippen molar-refractivity contribution in [3.63, 3.8) is 0 Å². The molecule has 1 aliphatic heterocycles. The number of hydrogen-bond acceptors (Lipinski definition) is 5. The zero-order valence-electron chi connectivity index (χ0n) is 14.9. The Morgan fingerprint density at radius 3 is 2.31 bits per heavy atom. The molecular weight excluding hydrogens is 336 g/mol. The molecule has 1 N–H and O–H groups in total. The van der Waals surface area contributed by atoms with Gasteiger partial charge >= 0.3 is 5.69 Å². The van der Waals surface area contributed by atoms with Crippen LogP contribution in [-0.2, 0) is 30.1 Å². The van der Waals surface area contributed by atoms with Crippen molar-refractivity contribution in [2.45, 2.75) is 25.8 Å². The van der Waals surface area contributed by atoms with Crippen LogP contribution in [0.15, 0.2) is 39.9 Å². The predicted molar refractivity (Wildman–Crippen MR) is 97.3 cm³/mol. The third-order valence-corrected chi connectivity index (χ3v) is 4.60. The van der Waals surface area contributed by atoms with E-state index in [2.05, 4.69) is 5.32 Å². The second-order valence-corrected chi connectivity index (χ2v) is 6.26. The van der Waals surface area contributed by atoms with E-state index in [0.29, 0.717) is 5.69 Å². The topological polar surface area (TPSA) is 93.4 Å². The summed E-state index contributed by atoms with van der Waals surface area (Å²) >= 11 is 0. The van der Waals surface area contributed by atoms with Gasteiger partial charge in [0.05, 0.1) is 12.1 Å². The first kappa shape index (κ1) is 17.7. The summed E-state index contributed by atoms with van der Waals surface area (Å²) in [5.74, 6) is -0.537. The number of benzene rings is 1. The summed E-state index contributed by atoms with van der Waals surface area (Å²) in [6.45, 7) is 2.02. The summed E-state index contributed by atoms with van der Waals surface area (Å²) in [4.78, 5) is 50.0. The monoisotopic (exact) mass is 356 g/mol. The number of anilines is 2. The van der Waals surface area contributed by atoms with Crippen molar-refractivity contribution in [3.05, 3.63) is 56.7 Å². The molecule has 2 heterocycles. The smallest absolute Gasteiger partial charge is 0.332 e. The number of nitrogens with zero attached hydrogens (tertiary/aromatic N) is 3. The number of amides is 2. The van der Waals surface area contributed by atoms with Crippen molar-refractivity contribution in [2.75, 3.05) is 10.2 Å². The molecule has 0 radical (unpaired) electrons. The largest absolute Gasteiger partial charge is 0.359 e. The molecule has 1 unspecified atom stereocenters. The van der Waals surface area contributed by atoms with Gasteiger partial charge in [0.1, 0.15) is 11.9 Å². The van der Waals surface area contributed by atoms with Crippen molar-refractivity contribution < 1.29 is 9.59 Å². The average molecular weight is 356 g/mol. The lowest BCUT2D eigenvalue weighted by Crippen LogP contribution is -2.40. The van der Waals surface area contributed by atoms with Gasteiger partial charge in [-0.1, -0.05) is 19.1 Å². The number of imide groups is 1. The standard InChI is InChI=1S/C18H20N4O4/c1-4-11-5-7-12(8-6-11)22-16(24)9-13(17(22)25)19-14-10-15(23)21(3)18(26)20(14)2/h5-8,10,13,19H,4,9H2,1-3H3. The second kappa shape index (κ2) is 6.62. The highest BCUT2D eigenvalue weighted by Gasteiger charge is 2.39. The van der Waals surface area contributed by atoms with Crippen LogP contribution in [0.5, 0.6) is 0 Å². The number of rotatable bonds is 4. The molecule has 2 amide bonds. The molecule has 0 saturated carbocycles. The van der Waals surface area contributed by atoms with Crippen LogP contribution in [-0.4, -0.2) is 27.0 Å². The van der Waals surface area contributed by atoms with Crippen LogP contribution in [0, 0.1) is 0 Å². The minimum Gasteiger partial charge on any atom is -0.359 e. The molecule has 3 rings (SSSR count). The van der Waals surface area contributed by atoms with Crippen LogP contribution in [0.25, 0.3) is 0 Å². The maximum absolute atomic E-state index is 12.7. The SMILES string of the molecule is CCc1ccc(N2C(=O)CC(Nc3cc(=O)n(C)c(=O)n3C)C2=O)cc1. The molecular formula is C18H20N4O4. The molecule has 0 aliphatic carbocycles. The Balaban J connectivity index is 1.88. The lowest BCUT2D eigenvalue weighted by atomic mass is 10.1. The fraction of sp³-hybridized carbons (Fsp3) is 0.333. The number of hydrogen-bond donors (Lipinski definition) is 1. The number of nitrogens with one attached hydrogen (secondary N) is 1. The highest BCUT2D eigenvalue weighted by molar-refractivity contribution is 6.23. The van der Waals surface area contributed by atoms with E-state index in [1.165, 1.54) is 24.7 Å². The van der Waals surface area contributed by atoms with Gasteiger partial charge in [-0.05, 0) is 24.1 Å². The Labute approximate surface area is 149 Å². The van der Waals surface area contributed by atoms with Crippen LogP contribution >= 0.6 is 0 Å². The Kier molecular flexibility index (Phi) is 4.50. The molecule has 1 aliphatic rings. The van der Waals surface area contributed by atoms with Gasteiger partial charge in [0.2, 0.25) is 5.91 Å². The van der Waals surface area contributed by atoms with Crippen LogP contribution in [0.1, 0.15) is 18.9 Å². The van der Waals surface area contributed by atoms with Crippen LogP contribution in [0.3, 0.4) is 0 Å². The molecule has 8 heteroatoms. The quantitative estimate of drug-likeness (QED) is 0.800. The number of carbonyl (C=O) groups excluding carboxylic acids is 2. The summed E-state index contributed by atoms with van der Waals surface area (Å²) in [6.07, 6.45) is 0.821. The molecule has 26 heavy (non-hydrogen) atoms. The van der Waals surface area contributed by atoms with Gasteiger partial charge < -0.3 is 5.32 Å². The molecule has 8 nitrogen and oxygen atoms in total. The molecule has 1 atom stereocenters. The van der Waals surface area contributed by atoms with Crippen molar-refractivity contribution in [3.8, 4) is 0 Å². The first-order valence-corrected chi connectivity index (χ1v) is 8.32. The molecule has 0 bridgehead atoms. The zero-order chi connectivity index (χ0) is 19.0. The number of aromatic nitrogens is 2. The molecule has 1 saturated heterocycles. The average Bonchev–Trinajstić information content (AvgIpc) is 2.91. The second-order valence-electron chi connectivity index (χ2n) is 6.26. The summed E-state index contributed by atoms with van der Waals surface area (Å²) in [5, 5.41) is 2.86. The van der Waals surface area contributed by atoms with Crippen molar-refractivity contribution in [1.29, 1.82) is 0 Å². The van der Waals surface area contributed by atoms with Gasteiger partial charge in [-0.2, -0.15) is 0 Å². The van der Waals surface area contributed by atoms with Gasteiger partial charge in [0.25, 0.3) is 11.5 Å². The summed E-state index contributed by atoms with van der Waals surface area (Å²) in [6, 6.07) is 7.64.